The van der Waals surface area contributed by atoms with Crippen LogP contribution in [-0.4, -0.2) is 52.4 Å². The van der Waals surface area contributed by atoms with Crippen molar-refractivity contribution in [3.8, 4) is 0 Å². The number of nitrogens with one attached hydrogen (secondary N) is 1. The van der Waals surface area contributed by atoms with Gasteiger partial charge < -0.3 is 10.2 Å². The number of rotatable bonds is 3. The average Bonchev–Trinajstić information content (AvgIpc) is 2.97. The fourth-order valence-electron chi connectivity index (χ4n) is 2.91. The van der Waals surface area contributed by atoms with Crippen molar-refractivity contribution in [2.75, 3.05) is 32.7 Å². The first-order chi connectivity index (χ1) is 7.92. The van der Waals surface area contributed by atoms with E-state index in [-0.39, 0.29) is 24.8 Å². The Kier molecular flexibility index (Phi) is 6.35. The Labute approximate surface area is 120 Å². The number of aromatic nitrogens is 3. The minimum absolute atomic E-state index is 0. The predicted octanol–water partition coefficient (Wildman–Crippen LogP) is 0.663. The van der Waals surface area contributed by atoms with Crippen LogP contribution in [0.3, 0.4) is 0 Å². The third-order valence-electron chi connectivity index (χ3n) is 3.90. The number of halogens is 2. The van der Waals surface area contributed by atoms with Crippen molar-refractivity contribution in [3.05, 3.63) is 12.7 Å². The summed E-state index contributed by atoms with van der Waals surface area (Å²) >= 11 is 0. The second kappa shape index (κ2) is 7.28. The summed E-state index contributed by atoms with van der Waals surface area (Å²) in [7, 11) is 0. The topological polar surface area (TPSA) is 46.0 Å². The Morgan fingerprint density at radius 3 is 2.78 bits per heavy atom. The maximum Gasteiger partial charge on any atom is 0.137 e. The first kappa shape index (κ1) is 15.7. The van der Waals surface area contributed by atoms with Gasteiger partial charge in [0.25, 0.3) is 0 Å². The lowest BCUT2D eigenvalue weighted by Gasteiger charge is -2.34. The van der Waals surface area contributed by atoms with Crippen molar-refractivity contribution in [2.45, 2.75) is 13.0 Å². The van der Waals surface area contributed by atoms with Crippen molar-refractivity contribution in [3.63, 3.8) is 0 Å². The molecule has 7 heteroatoms. The highest BCUT2D eigenvalue weighted by atomic mass is 35.5. The molecule has 0 aromatic carbocycles. The van der Waals surface area contributed by atoms with E-state index in [4.69, 9.17) is 0 Å². The maximum absolute atomic E-state index is 4.13. The molecule has 104 valence electrons. The van der Waals surface area contributed by atoms with Crippen LogP contribution in [0.2, 0.25) is 0 Å². The molecule has 0 saturated carbocycles. The van der Waals surface area contributed by atoms with Gasteiger partial charge in [-0.05, 0) is 37.9 Å². The first-order valence-electron chi connectivity index (χ1n) is 6.17. The van der Waals surface area contributed by atoms with E-state index in [0.717, 1.165) is 24.9 Å². The Bertz CT molecular complexity index is 332. The molecule has 0 spiro atoms. The smallest absolute Gasteiger partial charge is 0.137 e. The summed E-state index contributed by atoms with van der Waals surface area (Å²) in [5.74, 6) is 1.81. The lowest BCUT2D eigenvalue weighted by atomic mass is 9.89. The Balaban J connectivity index is 0.000000810. The first-order valence-corrected chi connectivity index (χ1v) is 6.17. The van der Waals surface area contributed by atoms with Gasteiger partial charge in [-0.2, -0.15) is 5.10 Å². The van der Waals surface area contributed by atoms with Gasteiger partial charge in [-0.3, -0.25) is 4.68 Å². The molecule has 5 nitrogen and oxygen atoms in total. The number of hydrogen-bond donors (Lipinski definition) is 1. The Morgan fingerprint density at radius 1 is 1.17 bits per heavy atom. The highest BCUT2D eigenvalue weighted by Crippen LogP contribution is 2.26. The van der Waals surface area contributed by atoms with Gasteiger partial charge in [-0.1, -0.05) is 0 Å². The fraction of sp³-hybridized carbons (Fsp3) is 0.818. The molecule has 2 atom stereocenters. The van der Waals surface area contributed by atoms with Gasteiger partial charge >= 0.3 is 0 Å². The predicted molar refractivity (Wildman–Crippen MR) is 75.4 cm³/mol. The van der Waals surface area contributed by atoms with Crippen LogP contribution >= 0.6 is 24.8 Å². The summed E-state index contributed by atoms with van der Waals surface area (Å²) < 4.78 is 1.92. The van der Waals surface area contributed by atoms with Gasteiger partial charge in [-0.25, -0.2) is 4.98 Å². The van der Waals surface area contributed by atoms with Gasteiger partial charge in [-0.15, -0.1) is 24.8 Å². The van der Waals surface area contributed by atoms with E-state index in [2.05, 4.69) is 20.3 Å². The standard InChI is InChI=1S/C11H19N5.2ClH/c1-2-15(3-4-16-9-13-8-14-16)7-11-6-12-5-10(1)11;;/h8-12H,1-7H2;2*1H. The SMILES string of the molecule is Cl.Cl.c1ncn(CCN2CCC3CNCC3C2)n1. The molecule has 2 saturated heterocycles. The van der Waals surface area contributed by atoms with Gasteiger partial charge in [0.05, 0.1) is 6.54 Å². The molecule has 0 aliphatic carbocycles. The molecule has 0 bridgehead atoms. The molecule has 1 N–H and O–H groups in total. The van der Waals surface area contributed by atoms with E-state index in [1.54, 1.807) is 12.7 Å². The summed E-state index contributed by atoms with van der Waals surface area (Å²) in [6.07, 6.45) is 4.76. The normalized spacial score (nSPS) is 27.1. The number of nitrogens with zero attached hydrogens (tertiary/aromatic N) is 4. The average molecular weight is 294 g/mol. The lowest BCUT2D eigenvalue weighted by molar-refractivity contribution is 0.143. The highest BCUT2D eigenvalue weighted by Gasteiger charge is 2.32. The zero-order valence-corrected chi connectivity index (χ0v) is 12.0. The van der Waals surface area contributed by atoms with Gasteiger partial charge in [0.15, 0.2) is 0 Å². The van der Waals surface area contributed by atoms with E-state index in [0.29, 0.717) is 0 Å². The van der Waals surface area contributed by atoms with Crippen LogP contribution in [0.1, 0.15) is 6.42 Å². The largest absolute Gasteiger partial charge is 0.316 e. The summed E-state index contributed by atoms with van der Waals surface area (Å²) in [5, 5.41) is 7.63. The van der Waals surface area contributed by atoms with Crippen molar-refractivity contribution in [1.29, 1.82) is 0 Å². The van der Waals surface area contributed by atoms with E-state index in [1.807, 2.05) is 4.68 Å². The number of likely N-dealkylation sites (tertiary alicyclic amines) is 1. The molecule has 0 radical (unpaired) electrons. The molecule has 1 aromatic heterocycles. The van der Waals surface area contributed by atoms with E-state index in [9.17, 15) is 0 Å². The zero-order chi connectivity index (χ0) is 10.8. The number of fused-ring (bicyclic) bond motifs is 1. The van der Waals surface area contributed by atoms with E-state index in [1.165, 1.54) is 32.6 Å². The van der Waals surface area contributed by atoms with Crippen molar-refractivity contribution >= 4 is 24.8 Å². The molecular weight excluding hydrogens is 273 g/mol. The third kappa shape index (κ3) is 3.57. The quantitative estimate of drug-likeness (QED) is 0.890. The Hall–Kier alpha value is -0.360. The third-order valence-corrected chi connectivity index (χ3v) is 3.90. The lowest BCUT2D eigenvalue weighted by Crippen LogP contribution is -2.41. The molecule has 2 unspecified atom stereocenters. The van der Waals surface area contributed by atoms with Crippen LogP contribution in [0.15, 0.2) is 12.7 Å². The zero-order valence-electron chi connectivity index (χ0n) is 10.4. The fourth-order valence-corrected chi connectivity index (χ4v) is 2.91. The van der Waals surface area contributed by atoms with Gasteiger partial charge in [0, 0.05) is 13.1 Å². The van der Waals surface area contributed by atoms with Crippen LogP contribution < -0.4 is 5.32 Å². The molecule has 3 rings (SSSR count). The molecular formula is C11H21Cl2N5. The highest BCUT2D eigenvalue weighted by molar-refractivity contribution is 5.85. The second-order valence-corrected chi connectivity index (χ2v) is 4.93. The van der Waals surface area contributed by atoms with E-state index < -0.39 is 0 Å². The number of piperidine rings is 1. The minimum Gasteiger partial charge on any atom is -0.316 e. The van der Waals surface area contributed by atoms with Gasteiger partial charge in [0.2, 0.25) is 0 Å². The van der Waals surface area contributed by atoms with Crippen LogP contribution in [0, 0.1) is 11.8 Å². The summed E-state index contributed by atoms with van der Waals surface area (Å²) in [5.41, 5.74) is 0. The van der Waals surface area contributed by atoms with Crippen LogP contribution in [0.25, 0.3) is 0 Å². The van der Waals surface area contributed by atoms with Crippen molar-refractivity contribution in [2.24, 2.45) is 11.8 Å². The molecule has 1 aromatic rings. The molecule has 2 fully saturated rings. The monoisotopic (exact) mass is 293 g/mol. The Morgan fingerprint density at radius 2 is 2.00 bits per heavy atom. The maximum atomic E-state index is 4.13. The molecule has 0 amide bonds. The minimum atomic E-state index is 0. The molecule has 2 aliphatic rings. The summed E-state index contributed by atoms with van der Waals surface area (Å²) in [6, 6.07) is 0. The van der Waals surface area contributed by atoms with Crippen LogP contribution in [0.5, 0.6) is 0 Å². The second-order valence-electron chi connectivity index (χ2n) is 4.93. The van der Waals surface area contributed by atoms with E-state index >= 15 is 0 Å². The van der Waals surface area contributed by atoms with Crippen molar-refractivity contribution < 1.29 is 0 Å². The molecule has 3 heterocycles. The molecule has 18 heavy (non-hydrogen) atoms. The van der Waals surface area contributed by atoms with Gasteiger partial charge in [0.1, 0.15) is 12.7 Å². The summed E-state index contributed by atoms with van der Waals surface area (Å²) in [6.45, 7) is 7.02. The molecule has 2 aliphatic heterocycles. The summed E-state index contributed by atoms with van der Waals surface area (Å²) in [4.78, 5) is 6.53. The number of hydrogen-bond acceptors (Lipinski definition) is 4. The van der Waals surface area contributed by atoms with Crippen LogP contribution in [-0.2, 0) is 6.54 Å². The van der Waals surface area contributed by atoms with Crippen LogP contribution in [0.4, 0.5) is 0 Å². The van der Waals surface area contributed by atoms with Crippen molar-refractivity contribution in [1.82, 2.24) is 25.0 Å².